The van der Waals surface area contributed by atoms with Gasteiger partial charge in [-0.2, -0.15) is 0 Å². The van der Waals surface area contributed by atoms with E-state index in [9.17, 15) is 15.3 Å². The van der Waals surface area contributed by atoms with Crippen LogP contribution in [0.1, 0.15) is 11.9 Å². The number of rotatable bonds is 1. The van der Waals surface area contributed by atoms with Gasteiger partial charge in [-0.3, -0.25) is 0 Å². The largest absolute Gasteiger partial charge is 0.388 e. The highest BCUT2D eigenvalue weighted by Crippen LogP contribution is 2.27. The molecule has 2 aromatic rings. The average Bonchev–Trinajstić information content (AvgIpc) is 2.85. The maximum atomic E-state index is 9.92. The van der Waals surface area contributed by atoms with Crippen LogP contribution in [0.25, 0.3) is 11.2 Å². The van der Waals surface area contributed by atoms with Crippen molar-refractivity contribution in [1.29, 1.82) is 0 Å². The minimum Gasteiger partial charge on any atom is -0.388 e. The zero-order valence-corrected chi connectivity index (χ0v) is 10.5. The Kier molecular flexibility index (Phi) is 3.07. The molecule has 1 saturated heterocycles. The highest BCUT2D eigenvalue weighted by Gasteiger charge is 2.39. The molecule has 3 rings (SSSR count). The van der Waals surface area contributed by atoms with E-state index in [1.807, 2.05) is 0 Å². The van der Waals surface area contributed by atoms with E-state index >= 15 is 0 Å². The summed E-state index contributed by atoms with van der Waals surface area (Å²) in [5.74, 6) is 0.267. The molecular weight excluding hydrogens is 272 g/mol. The van der Waals surface area contributed by atoms with Gasteiger partial charge in [0, 0.05) is 0 Å². The molecule has 4 atom stereocenters. The molecule has 0 spiro atoms. The normalized spacial score (nSPS) is 31.7. The summed E-state index contributed by atoms with van der Waals surface area (Å²) in [6, 6.07) is 0. The first-order chi connectivity index (χ1) is 9.08. The Bertz CT molecular complexity index is 656. The van der Waals surface area contributed by atoms with Crippen molar-refractivity contribution in [2.45, 2.75) is 24.4 Å². The maximum Gasteiger partial charge on any atom is 0.160 e. The molecule has 9 heteroatoms. The molecule has 19 heavy (non-hydrogen) atoms. The first-order valence-electron chi connectivity index (χ1n) is 5.67. The molecule has 5 N–H and O–H groups in total. The molecule has 0 radical (unpaired) electrons. The van der Waals surface area contributed by atoms with Crippen LogP contribution in [0.3, 0.4) is 0 Å². The van der Waals surface area contributed by atoms with Gasteiger partial charge in [0.2, 0.25) is 0 Å². The van der Waals surface area contributed by atoms with Crippen molar-refractivity contribution in [3.05, 3.63) is 16.8 Å². The summed E-state index contributed by atoms with van der Waals surface area (Å²) >= 11 is 5.10. The highest BCUT2D eigenvalue weighted by atomic mass is 32.1. The van der Waals surface area contributed by atoms with Crippen molar-refractivity contribution in [1.82, 2.24) is 19.9 Å². The predicted octanol–water partition coefficient (Wildman–Crippen LogP) is -0.831. The van der Waals surface area contributed by atoms with Crippen LogP contribution >= 0.6 is 12.2 Å². The average molecular weight is 284 g/mol. The molecule has 1 fully saturated rings. The van der Waals surface area contributed by atoms with Gasteiger partial charge in [-0.05, 0) is 0 Å². The number of aliphatic hydroxyl groups is 3. The Balaban J connectivity index is 2.02. The summed E-state index contributed by atoms with van der Waals surface area (Å²) < 4.78 is 5.59. The molecule has 1 aliphatic heterocycles. The number of aromatic amines is 2. The lowest BCUT2D eigenvalue weighted by Gasteiger charge is -2.34. The number of aromatic nitrogens is 4. The fourth-order valence-corrected chi connectivity index (χ4v) is 2.30. The van der Waals surface area contributed by atoms with E-state index in [0.717, 1.165) is 0 Å². The number of aliphatic hydroxyl groups excluding tert-OH is 3. The Hall–Kier alpha value is -1.39. The summed E-state index contributed by atoms with van der Waals surface area (Å²) in [6.07, 6.45) is -3.13. The van der Waals surface area contributed by atoms with E-state index in [0.29, 0.717) is 11.2 Å². The number of fused-ring (bicyclic) bond motifs is 1. The Labute approximate surface area is 112 Å². The van der Waals surface area contributed by atoms with Crippen molar-refractivity contribution in [3.63, 3.8) is 0 Å². The summed E-state index contributed by atoms with van der Waals surface area (Å²) in [5.41, 5.74) is 1.08. The molecule has 1 unspecified atom stereocenters. The van der Waals surface area contributed by atoms with Crippen LogP contribution < -0.4 is 0 Å². The smallest absolute Gasteiger partial charge is 0.160 e. The Morgan fingerprint density at radius 3 is 2.89 bits per heavy atom. The molecule has 0 bridgehead atoms. The van der Waals surface area contributed by atoms with Crippen molar-refractivity contribution in [2.75, 3.05) is 6.61 Å². The van der Waals surface area contributed by atoms with Crippen LogP contribution in [-0.4, -0.2) is 60.2 Å². The van der Waals surface area contributed by atoms with Crippen LogP contribution in [0.15, 0.2) is 6.33 Å². The monoisotopic (exact) mass is 284 g/mol. The highest BCUT2D eigenvalue weighted by molar-refractivity contribution is 7.71. The lowest BCUT2D eigenvalue weighted by molar-refractivity contribution is -0.191. The van der Waals surface area contributed by atoms with E-state index in [-0.39, 0.29) is 17.1 Å². The van der Waals surface area contributed by atoms with Gasteiger partial charge in [0.1, 0.15) is 35.8 Å². The third-order valence-electron chi connectivity index (χ3n) is 3.09. The number of nitrogens with one attached hydrogen (secondary N) is 2. The molecule has 2 aromatic heterocycles. The molecule has 8 nitrogen and oxygen atoms in total. The molecule has 102 valence electrons. The second kappa shape index (κ2) is 4.62. The maximum absolute atomic E-state index is 9.92. The van der Waals surface area contributed by atoms with Crippen LogP contribution in [0, 0.1) is 4.64 Å². The number of hydrogen-bond acceptors (Lipinski definition) is 7. The number of imidazole rings is 1. The van der Waals surface area contributed by atoms with E-state index in [4.69, 9.17) is 17.0 Å². The second-order valence-electron chi connectivity index (χ2n) is 4.36. The van der Waals surface area contributed by atoms with Crippen LogP contribution in [-0.2, 0) is 4.74 Å². The van der Waals surface area contributed by atoms with Gasteiger partial charge >= 0.3 is 0 Å². The second-order valence-corrected chi connectivity index (χ2v) is 4.74. The Morgan fingerprint density at radius 1 is 1.32 bits per heavy atom. The number of ether oxygens (including phenoxy) is 1. The van der Waals surface area contributed by atoms with Crippen molar-refractivity contribution in [3.8, 4) is 0 Å². The third-order valence-corrected chi connectivity index (χ3v) is 3.39. The first kappa shape index (κ1) is 12.6. The van der Waals surface area contributed by atoms with E-state index < -0.39 is 24.4 Å². The van der Waals surface area contributed by atoms with Crippen molar-refractivity contribution in [2.24, 2.45) is 0 Å². The van der Waals surface area contributed by atoms with Gasteiger partial charge in [-0.1, -0.05) is 12.2 Å². The zero-order chi connectivity index (χ0) is 13.6. The fraction of sp³-hybridized carbons (Fsp3) is 0.500. The standard InChI is InChI=1S/C10H12N4O4S/c15-3-1-18-7(6(17)5(3)16)9-13-8-4(10(19)14-9)11-2-12-8/h2-3,5-7,15-17H,1H2,(H2,11,12,13,14,19)/t3-,5+,6-,7?/m1/s1. The topological polar surface area (TPSA) is 127 Å². The number of nitrogens with zero attached hydrogens (tertiary/aromatic N) is 2. The lowest BCUT2D eigenvalue weighted by atomic mass is 9.99. The van der Waals surface area contributed by atoms with Crippen molar-refractivity contribution >= 4 is 23.4 Å². The van der Waals surface area contributed by atoms with E-state index in [1.165, 1.54) is 6.33 Å². The van der Waals surface area contributed by atoms with Gasteiger partial charge in [0.15, 0.2) is 10.3 Å². The molecule has 0 amide bonds. The zero-order valence-electron chi connectivity index (χ0n) is 9.65. The first-order valence-corrected chi connectivity index (χ1v) is 6.08. The minimum absolute atomic E-state index is 0.0935. The van der Waals surface area contributed by atoms with Crippen LogP contribution in [0.4, 0.5) is 0 Å². The van der Waals surface area contributed by atoms with Gasteiger partial charge in [0.05, 0.1) is 12.9 Å². The molecule has 1 aliphatic rings. The van der Waals surface area contributed by atoms with Gasteiger partial charge in [0.25, 0.3) is 0 Å². The van der Waals surface area contributed by atoms with Gasteiger partial charge in [-0.25, -0.2) is 9.97 Å². The van der Waals surface area contributed by atoms with E-state index in [1.54, 1.807) is 0 Å². The molecular formula is C10H12N4O4S. The van der Waals surface area contributed by atoms with Crippen LogP contribution in [0.5, 0.6) is 0 Å². The quantitative estimate of drug-likeness (QED) is 0.432. The van der Waals surface area contributed by atoms with Gasteiger partial charge in [-0.15, -0.1) is 0 Å². The third kappa shape index (κ3) is 2.05. The number of H-pyrrole nitrogens is 2. The predicted molar refractivity (Wildman–Crippen MR) is 65.8 cm³/mol. The van der Waals surface area contributed by atoms with E-state index in [2.05, 4.69) is 19.9 Å². The van der Waals surface area contributed by atoms with Crippen molar-refractivity contribution < 1.29 is 20.1 Å². The summed E-state index contributed by atoms with van der Waals surface area (Å²) in [7, 11) is 0. The molecule has 3 heterocycles. The molecule has 0 aliphatic carbocycles. The lowest BCUT2D eigenvalue weighted by Crippen LogP contribution is -2.49. The van der Waals surface area contributed by atoms with Crippen LogP contribution in [0.2, 0.25) is 0 Å². The minimum atomic E-state index is -1.29. The summed E-state index contributed by atoms with van der Waals surface area (Å²) in [5, 5.41) is 29.0. The summed E-state index contributed by atoms with van der Waals surface area (Å²) in [6.45, 7) is -0.0935. The van der Waals surface area contributed by atoms with Gasteiger partial charge < -0.3 is 30.0 Å². The molecule has 0 saturated carbocycles. The fourth-order valence-electron chi connectivity index (χ4n) is 2.05. The SMILES string of the molecule is O[C@H]1[C@H](O)COC(c2nc(=S)c3[nH]cnc3[nH]2)[C@@H]1O. The summed E-state index contributed by atoms with van der Waals surface area (Å²) in [4.78, 5) is 13.9. The number of hydrogen-bond donors (Lipinski definition) is 5. The Morgan fingerprint density at radius 2 is 2.11 bits per heavy atom. The molecule has 0 aromatic carbocycles.